The molecule has 2 aliphatic rings. The highest BCUT2D eigenvalue weighted by Crippen LogP contribution is 2.57. The summed E-state index contributed by atoms with van der Waals surface area (Å²) in [5, 5.41) is 0. The van der Waals surface area contributed by atoms with E-state index in [9.17, 15) is 0 Å². The van der Waals surface area contributed by atoms with Gasteiger partial charge in [0, 0.05) is 57.3 Å². The Morgan fingerprint density at radius 1 is 0.403 bits per heavy atom. The number of hydrogen-bond donors (Lipinski definition) is 0. The summed E-state index contributed by atoms with van der Waals surface area (Å²) in [6.45, 7) is 5.71. The number of rotatable bonds is 9. The van der Waals surface area contributed by atoms with Crippen LogP contribution in [-0.4, -0.2) is 6.54 Å². The van der Waals surface area contributed by atoms with Crippen LogP contribution in [0.4, 0.5) is 45.5 Å². The minimum absolute atomic E-state index is 0.161. The van der Waals surface area contributed by atoms with Gasteiger partial charge in [-0.3, -0.25) is 0 Å². The molecule has 3 nitrogen and oxygen atoms in total. The summed E-state index contributed by atoms with van der Waals surface area (Å²) in [5.41, 5.74) is 20.7. The summed E-state index contributed by atoms with van der Waals surface area (Å²) >= 11 is 0. The van der Waals surface area contributed by atoms with Gasteiger partial charge in [0.1, 0.15) is 0 Å². The fourth-order valence-electron chi connectivity index (χ4n) is 10.0. The summed E-state index contributed by atoms with van der Waals surface area (Å²) in [5.74, 6) is 0. The van der Waals surface area contributed by atoms with Crippen LogP contribution in [0.3, 0.4) is 0 Å². The summed E-state index contributed by atoms with van der Waals surface area (Å²) in [7, 11) is 0. The van der Waals surface area contributed by atoms with E-state index in [1.165, 1.54) is 61.4 Å². The predicted molar refractivity (Wildman–Crippen MR) is 261 cm³/mol. The van der Waals surface area contributed by atoms with Crippen LogP contribution in [0.15, 0.2) is 224 Å². The van der Waals surface area contributed by atoms with Crippen LogP contribution in [0.2, 0.25) is 0 Å². The van der Waals surface area contributed by atoms with Gasteiger partial charge in [0.25, 0.3) is 0 Å². The second kappa shape index (κ2) is 15.4. The Kier molecular flexibility index (Phi) is 9.31. The van der Waals surface area contributed by atoms with Crippen molar-refractivity contribution < 1.29 is 0 Å². The van der Waals surface area contributed by atoms with Crippen molar-refractivity contribution in [1.82, 2.24) is 0 Å². The van der Waals surface area contributed by atoms with E-state index in [-0.39, 0.29) is 5.41 Å². The highest BCUT2D eigenvalue weighted by atomic mass is 15.2. The third kappa shape index (κ3) is 6.37. The molecule has 0 saturated carbocycles. The first-order valence-corrected chi connectivity index (χ1v) is 21.7. The molecule has 298 valence electrons. The van der Waals surface area contributed by atoms with E-state index < -0.39 is 0 Å². The Bertz CT molecular complexity index is 2990. The molecule has 0 amide bonds. The molecule has 0 aromatic heterocycles. The third-order valence-corrected chi connectivity index (χ3v) is 12.9. The van der Waals surface area contributed by atoms with Gasteiger partial charge >= 0.3 is 0 Å². The standard InChI is InChI=1S/C59H47N3/c1-59(2)53-31-16-15-29-52(53)57-54(59)37-38-56(58(57)51-30-18-32-55-50(51)39-40-60(55)44-22-9-4-10-23-44)62(49-28-17-21-43(41-49)42-19-7-3-8-20-42)48-35-33-47(34-36-48)61(45-24-11-5-12-25-45)46-26-13-6-14-27-46/h3-38,41H,39-40H2,1-2H3. The molecule has 62 heavy (non-hydrogen) atoms. The van der Waals surface area contributed by atoms with Crippen LogP contribution >= 0.6 is 0 Å². The van der Waals surface area contributed by atoms with Crippen LogP contribution in [0.25, 0.3) is 33.4 Å². The topological polar surface area (TPSA) is 9.72 Å². The van der Waals surface area contributed by atoms with Gasteiger partial charge in [0.05, 0.1) is 5.69 Å². The van der Waals surface area contributed by atoms with Gasteiger partial charge in [0.15, 0.2) is 0 Å². The van der Waals surface area contributed by atoms with E-state index in [1.807, 2.05) is 0 Å². The molecule has 1 aliphatic carbocycles. The number of nitrogens with zero attached hydrogens (tertiary/aromatic N) is 3. The summed E-state index contributed by atoms with van der Waals surface area (Å²) in [4.78, 5) is 7.32. The molecule has 0 saturated heterocycles. The normalized spacial score (nSPS) is 13.3. The van der Waals surface area contributed by atoms with Crippen molar-refractivity contribution in [3.63, 3.8) is 0 Å². The number of benzene rings is 9. The Balaban J connectivity index is 1.16. The molecule has 1 aliphatic heterocycles. The molecule has 9 aromatic carbocycles. The first kappa shape index (κ1) is 37.4. The number of para-hydroxylation sites is 3. The Morgan fingerprint density at radius 2 is 0.935 bits per heavy atom. The minimum Gasteiger partial charge on any atom is -0.341 e. The van der Waals surface area contributed by atoms with Crippen LogP contribution in [-0.2, 0) is 11.8 Å². The van der Waals surface area contributed by atoms with Crippen molar-refractivity contribution in [2.75, 3.05) is 21.2 Å². The van der Waals surface area contributed by atoms with Gasteiger partial charge in [-0.1, -0.05) is 153 Å². The molecule has 9 aromatic rings. The zero-order valence-corrected chi connectivity index (χ0v) is 35.1. The maximum absolute atomic E-state index is 2.50. The molecule has 0 radical (unpaired) electrons. The van der Waals surface area contributed by atoms with Crippen molar-refractivity contribution in [2.45, 2.75) is 25.7 Å². The highest BCUT2D eigenvalue weighted by molar-refractivity contribution is 6.03. The SMILES string of the molecule is CC1(C)c2ccccc2-c2c1ccc(N(c1ccc(N(c3ccccc3)c3ccccc3)cc1)c1cccc(-c3ccccc3)c1)c2-c1cccc2c1CCN2c1ccccc1. The zero-order valence-electron chi connectivity index (χ0n) is 35.1. The largest absolute Gasteiger partial charge is 0.341 e. The fourth-order valence-corrected chi connectivity index (χ4v) is 10.0. The molecular formula is C59H47N3. The van der Waals surface area contributed by atoms with Crippen molar-refractivity contribution in [1.29, 1.82) is 0 Å². The third-order valence-electron chi connectivity index (χ3n) is 12.9. The lowest BCUT2D eigenvalue weighted by molar-refractivity contribution is 0.660. The molecule has 0 spiro atoms. The lowest BCUT2D eigenvalue weighted by Gasteiger charge is -2.32. The second-order valence-electron chi connectivity index (χ2n) is 16.9. The smallest absolute Gasteiger partial charge is 0.0546 e. The lowest BCUT2D eigenvalue weighted by atomic mass is 9.81. The monoisotopic (exact) mass is 797 g/mol. The van der Waals surface area contributed by atoms with Gasteiger partial charge in [-0.2, -0.15) is 0 Å². The molecule has 0 unspecified atom stereocenters. The van der Waals surface area contributed by atoms with Gasteiger partial charge in [-0.15, -0.1) is 0 Å². The number of hydrogen-bond acceptors (Lipinski definition) is 3. The van der Waals surface area contributed by atoms with Crippen molar-refractivity contribution in [3.8, 4) is 33.4 Å². The maximum atomic E-state index is 2.50. The molecule has 1 heterocycles. The van der Waals surface area contributed by atoms with E-state index in [0.29, 0.717) is 0 Å². The van der Waals surface area contributed by atoms with E-state index in [0.717, 1.165) is 47.1 Å². The molecular weight excluding hydrogens is 751 g/mol. The van der Waals surface area contributed by atoms with Crippen LogP contribution < -0.4 is 14.7 Å². The maximum Gasteiger partial charge on any atom is 0.0546 e. The molecule has 0 N–H and O–H groups in total. The molecule has 11 rings (SSSR count). The molecule has 0 fully saturated rings. The van der Waals surface area contributed by atoms with E-state index in [2.05, 4.69) is 253 Å². The minimum atomic E-state index is -0.161. The summed E-state index contributed by atoms with van der Waals surface area (Å²) in [6.07, 6.45) is 0.960. The predicted octanol–water partition coefficient (Wildman–Crippen LogP) is 16.0. The van der Waals surface area contributed by atoms with E-state index in [4.69, 9.17) is 0 Å². The highest BCUT2D eigenvalue weighted by Gasteiger charge is 2.39. The lowest BCUT2D eigenvalue weighted by Crippen LogP contribution is -2.16. The van der Waals surface area contributed by atoms with Crippen LogP contribution in [0.1, 0.15) is 30.5 Å². The average molecular weight is 798 g/mol. The Hall–Kier alpha value is -7.62. The van der Waals surface area contributed by atoms with Crippen molar-refractivity contribution in [2.24, 2.45) is 0 Å². The van der Waals surface area contributed by atoms with Gasteiger partial charge in [-0.25, -0.2) is 0 Å². The zero-order chi connectivity index (χ0) is 41.6. The number of anilines is 8. The average Bonchev–Trinajstić information content (AvgIpc) is 3.87. The van der Waals surface area contributed by atoms with Gasteiger partial charge < -0.3 is 14.7 Å². The quantitative estimate of drug-likeness (QED) is 0.144. The summed E-state index contributed by atoms with van der Waals surface area (Å²) in [6, 6.07) is 81.9. The van der Waals surface area contributed by atoms with Crippen molar-refractivity contribution >= 4 is 45.5 Å². The summed E-state index contributed by atoms with van der Waals surface area (Å²) < 4.78 is 0. The number of fused-ring (bicyclic) bond motifs is 4. The van der Waals surface area contributed by atoms with Gasteiger partial charge in [-0.05, 0) is 136 Å². The Labute approximate surface area is 365 Å². The van der Waals surface area contributed by atoms with E-state index >= 15 is 0 Å². The van der Waals surface area contributed by atoms with Gasteiger partial charge in [0.2, 0.25) is 0 Å². The first-order chi connectivity index (χ1) is 30.5. The molecule has 3 heteroatoms. The Morgan fingerprint density at radius 3 is 1.63 bits per heavy atom. The van der Waals surface area contributed by atoms with Crippen LogP contribution in [0.5, 0.6) is 0 Å². The second-order valence-corrected chi connectivity index (χ2v) is 16.9. The van der Waals surface area contributed by atoms with Crippen LogP contribution in [0, 0.1) is 0 Å². The molecule has 0 bridgehead atoms. The first-order valence-electron chi connectivity index (χ1n) is 21.7. The van der Waals surface area contributed by atoms with Crippen molar-refractivity contribution in [3.05, 3.63) is 241 Å². The van der Waals surface area contributed by atoms with E-state index in [1.54, 1.807) is 0 Å². The fraction of sp³-hybridized carbons (Fsp3) is 0.0847. The molecule has 0 atom stereocenters.